The summed E-state index contributed by atoms with van der Waals surface area (Å²) in [6, 6.07) is 0. The first-order valence-electron chi connectivity index (χ1n) is 6.90. The molecule has 1 fully saturated rings. The normalized spacial score (nSPS) is 39.4. The molecular formula is C8H12F12O4Si4. The van der Waals surface area contributed by atoms with Crippen LogP contribution >= 0.6 is 0 Å². The molecular weight excluding hydrogens is 500 g/mol. The van der Waals surface area contributed by atoms with Crippen molar-refractivity contribution in [2.45, 2.75) is 49.4 Å². The van der Waals surface area contributed by atoms with Crippen molar-refractivity contribution in [3.8, 4) is 0 Å². The number of hydrogen-bond acceptors (Lipinski definition) is 4. The fourth-order valence-electron chi connectivity index (χ4n) is 2.03. The van der Waals surface area contributed by atoms with Gasteiger partial charge in [0.15, 0.2) is 0 Å². The zero-order valence-corrected chi connectivity index (χ0v) is 18.2. The summed E-state index contributed by atoms with van der Waals surface area (Å²) >= 11 is 0. The van der Waals surface area contributed by atoms with Gasteiger partial charge in [-0.2, -0.15) is 52.7 Å². The molecule has 1 rings (SSSR count). The van der Waals surface area contributed by atoms with Crippen LogP contribution in [-0.2, 0) is 16.5 Å². The number of hydrogen-bond donors (Lipinski definition) is 0. The summed E-state index contributed by atoms with van der Waals surface area (Å²) in [5.41, 5.74) is 0. The van der Waals surface area contributed by atoms with Gasteiger partial charge in [-0.25, -0.2) is 0 Å². The number of halogens is 12. The predicted molar refractivity (Wildman–Crippen MR) is 75.0 cm³/mol. The van der Waals surface area contributed by atoms with Crippen LogP contribution < -0.4 is 0 Å². The molecule has 0 radical (unpaired) electrons. The summed E-state index contributed by atoms with van der Waals surface area (Å²) in [6.07, 6.45) is 0. The Bertz CT molecular complexity index is 486. The van der Waals surface area contributed by atoms with Crippen molar-refractivity contribution in [1.82, 2.24) is 0 Å². The lowest BCUT2D eigenvalue weighted by molar-refractivity contribution is -0.131. The molecule has 0 aliphatic carbocycles. The summed E-state index contributed by atoms with van der Waals surface area (Å²) in [5, 5.41) is 0. The molecule has 0 N–H and O–H groups in total. The van der Waals surface area contributed by atoms with E-state index in [4.69, 9.17) is 0 Å². The molecule has 1 saturated heterocycles. The van der Waals surface area contributed by atoms with E-state index in [1.165, 1.54) is 0 Å². The van der Waals surface area contributed by atoms with Gasteiger partial charge in [-0.3, -0.25) is 0 Å². The van der Waals surface area contributed by atoms with E-state index in [0.29, 0.717) is 0 Å². The van der Waals surface area contributed by atoms with Crippen LogP contribution in [0.5, 0.6) is 0 Å². The van der Waals surface area contributed by atoms with Crippen molar-refractivity contribution in [3.05, 3.63) is 0 Å². The van der Waals surface area contributed by atoms with Crippen LogP contribution in [0.3, 0.4) is 0 Å². The zero-order chi connectivity index (χ0) is 22.8. The van der Waals surface area contributed by atoms with Crippen LogP contribution in [0.25, 0.3) is 0 Å². The smallest absolute Gasteiger partial charge is 0.404 e. The van der Waals surface area contributed by atoms with Gasteiger partial charge in [-0.05, 0) is 26.2 Å². The Hall–Kier alpha value is -0.132. The van der Waals surface area contributed by atoms with E-state index in [1.54, 1.807) is 0 Å². The molecule has 4 nitrogen and oxygen atoms in total. The van der Waals surface area contributed by atoms with Crippen molar-refractivity contribution < 1.29 is 69.1 Å². The molecule has 0 bridgehead atoms. The van der Waals surface area contributed by atoms with E-state index in [0.717, 1.165) is 0 Å². The Balaban J connectivity index is 3.80. The Morgan fingerprint density at radius 1 is 0.357 bits per heavy atom. The molecule has 1 aliphatic rings. The lowest BCUT2D eigenvalue weighted by atomic mass is 11.5. The highest BCUT2D eigenvalue weighted by Crippen LogP contribution is 2.49. The van der Waals surface area contributed by atoms with Gasteiger partial charge in [0.05, 0.1) is 0 Å². The fraction of sp³-hybridized carbons (Fsp3) is 1.00. The van der Waals surface area contributed by atoms with Crippen molar-refractivity contribution in [2.75, 3.05) is 0 Å². The molecule has 1 aliphatic heterocycles. The average Bonchev–Trinajstić information content (AvgIpc) is 2.30. The molecule has 20 heteroatoms. The van der Waals surface area contributed by atoms with E-state index in [9.17, 15) is 52.7 Å². The van der Waals surface area contributed by atoms with Gasteiger partial charge in [-0.15, -0.1) is 0 Å². The monoisotopic (exact) mass is 512 g/mol. The van der Waals surface area contributed by atoms with Crippen molar-refractivity contribution in [1.29, 1.82) is 0 Å². The second-order valence-electron chi connectivity index (χ2n) is 6.18. The van der Waals surface area contributed by atoms with Gasteiger partial charge >= 0.3 is 57.4 Å². The summed E-state index contributed by atoms with van der Waals surface area (Å²) in [6.45, 7) is -0.700. The van der Waals surface area contributed by atoms with E-state index >= 15 is 0 Å². The molecule has 0 saturated carbocycles. The summed E-state index contributed by atoms with van der Waals surface area (Å²) in [4.78, 5) is 0. The van der Waals surface area contributed by atoms with Crippen LogP contribution in [0.15, 0.2) is 0 Å². The van der Waals surface area contributed by atoms with Crippen LogP contribution in [0.4, 0.5) is 52.7 Å². The first-order valence-corrected chi connectivity index (χ1v) is 16.2. The first kappa shape index (κ1) is 25.9. The topological polar surface area (TPSA) is 36.9 Å². The Morgan fingerprint density at radius 2 is 0.464 bits per heavy atom. The molecule has 0 aromatic heterocycles. The molecule has 0 aromatic carbocycles. The summed E-state index contributed by atoms with van der Waals surface area (Å²) in [7, 11) is -25.8. The number of rotatable bonds is 0. The van der Waals surface area contributed by atoms with E-state index in [1.807, 2.05) is 0 Å². The Kier molecular flexibility index (Phi) is 6.18. The maximum atomic E-state index is 13.3. The number of alkyl halides is 12. The minimum absolute atomic E-state index is 0.175. The Morgan fingerprint density at radius 3 is 0.536 bits per heavy atom. The molecule has 28 heavy (non-hydrogen) atoms. The predicted octanol–water partition coefficient (Wildman–Crippen LogP) is 4.76. The standard InChI is InChI=1S/C8H12F12O4Si4/c1-25(5(9,10)11)21-26(2,6(12,13)14)23-28(4,8(18,19)20)24-27(3,22-25)7(15,16)17/h1-4H3. The molecule has 0 spiro atoms. The lowest BCUT2D eigenvalue weighted by Crippen LogP contribution is -2.79. The van der Waals surface area contributed by atoms with Gasteiger partial charge in [0, 0.05) is 0 Å². The Labute approximate surface area is 153 Å². The maximum Gasteiger partial charge on any atom is 0.438 e. The molecule has 0 aromatic rings. The molecule has 0 unspecified atom stereocenters. The second kappa shape index (κ2) is 6.68. The van der Waals surface area contributed by atoms with Crippen molar-refractivity contribution >= 4 is 34.2 Å². The van der Waals surface area contributed by atoms with Crippen LogP contribution in [0, 0.1) is 0 Å². The van der Waals surface area contributed by atoms with Gasteiger partial charge in [0.2, 0.25) is 0 Å². The zero-order valence-electron chi connectivity index (χ0n) is 14.2. The van der Waals surface area contributed by atoms with E-state index < -0.39 is 57.4 Å². The van der Waals surface area contributed by atoms with Crippen molar-refractivity contribution in [2.24, 2.45) is 0 Å². The largest absolute Gasteiger partial charge is 0.438 e. The SMILES string of the molecule is C[Si]1(C(F)(F)F)O[Si](C)(C(F)(F)F)O[Si](C)(C(F)(F)F)O[Si](C)(C(F)(F)F)O1. The quantitative estimate of drug-likeness (QED) is 0.347. The van der Waals surface area contributed by atoms with E-state index in [2.05, 4.69) is 16.5 Å². The highest BCUT2D eigenvalue weighted by molar-refractivity contribution is 6.95. The molecule has 168 valence electrons. The van der Waals surface area contributed by atoms with E-state index in [-0.39, 0.29) is 26.2 Å². The first-order chi connectivity index (χ1) is 11.8. The molecule has 0 atom stereocenters. The van der Waals surface area contributed by atoms with Gasteiger partial charge < -0.3 is 16.5 Å². The van der Waals surface area contributed by atoms with Gasteiger partial charge in [0.1, 0.15) is 0 Å². The summed E-state index contributed by atoms with van der Waals surface area (Å²) in [5.74, 6) is -23.5. The van der Waals surface area contributed by atoms with Crippen LogP contribution in [0.2, 0.25) is 26.2 Å². The third kappa shape index (κ3) is 4.46. The average molecular weight is 513 g/mol. The second-order valence-corrected chi connectivity index (χ2v) is 19.3. The highest BCUT2D eigenvalue weighted by atomic mass is 28.5. The third-order valence-corrected chi connectivity index (χ3v) is 20.2. The summed E-state index contributed by atoms with van der Waals surface area (Å²) < 4.78 is 176. The lowest BCUT2D eigenvalue weighted by Gasteiger charge is -2.49. The maximum absolute atomic E-state index is 13.3. The van der Waals surface area contributed by atoms with Crippen molar-refractivity contribution in [3.63, 3.8) is 0 Å². The highest BCUT2D eigenvalue weighted by Gasteiger charge is 2.80. The minimum Gasteiger partial charge on any atom is -0.404 e. The molecule has 0 amide bonds. The van der Waals surface area contributed by atoms with Crippen LogP contribution in [0.1, 0.15) is 0 Å². The van der Waals surface area contributed by atoms with Gasteiger partial charge in [-0.1, -0.05) is 0 Å². The third-order valence-electron chi connectivity index (χ3n) is 3.62. The minimum atomic E-state index is -6.44. The fourth-order valence-corrected chi connectivity index (χ4v) is 19.8. The molecule has 1 heterocycles. The van der Waals surface area contributed by atoms with Gasteiger partial charge in [0.25, 0.3) is 0 Å². The van der Waals surface area contributed by atoms with Crippen LogP contribution in [-0.4, -0.2) is 57.4 Å².